The Hall–Kier alpha value is -1.63. The molecule has 0 radical (unpaired) electrons. The topological polar surface area (TPSA) is 74.4 Å². The van der Waals surface area contributed by atoms with Gasteiger partial charge in [0.15, 0.2) is 0 Å². The molecule has 0 spiro atoms. The number of likely N-dealkylation sites (tertiary alicyclic amines) is 1. The molecule has 1 saturated heterocycles. The standard InChI is InChI=1S/C14H17ClN4O2/c15-10-1-2-14(21)13(7-10)19-9-11(16-17-19)8-18-5-3-12(20)4-6-18/h1-2,7,9,12,20-21H,3-6,8H2. The molecule has 2 aromatic rings. The summed E-state index contributed by atoms with van der Waals surface area (Å²) in [6, 6.07) is 4.80. The summed E-state index contributed by atoms with van der Waals surface area (Å²) >= 11 is 5.94. The van der Waals surface area contributed by atoms with Gasteiger partial charge >= 0.3 is 0 Å². The van der Waals surface area contributed by atoms with Crippen molar-refractivity contribution in [2.75, 3.05) is 13.1 Å². The highest BCUT2D eigenvalue weighted by Gasteiger charge is 2.18. The summed E-state index contributed by atoms with van der Waals surface area (Å²) in [6.45, 7) is 2.40. The fraction of sp³-hybridized carbons (Fsp3) is 0.429. The number of halogens is 1. The molecule has 6 nitrogen and oxygen atoms in total. The summed E-state index contributed by atoms with van der Waals surface area (Å²) < 4.78 is 1.52. The minimum Gasteiger partial charge on any atom is -0.506 e. The van der Waals surface area contributed by atoms with Gasteiger partial charge in [-0.3, -0.25) is 4.90 Å². The third kappa shape index (κ3) is 3.34. The van der Waals surface area contributed by atoms with Crippen LogP contribution < -0.4 is 0 Å². The van der Waals surface area contributed by atoms with Crippen molar-refractivity contribution in [1.82, 2.24) is 19.9 Å². The summed E-state index contributed by atoms with van der Waals surface area (Å²) in [5.41, 5.74) is 1.33. The average molecular weight is 309 g/mol. The molecular formula is C14H17ClN4O2. The van der Waals surface area contributed by atoms with E-state index in [-0.39, 0.29) is 11.9 Å². The summed E-state index contributed by atoms with van der Waals surface area (Å²) in [5, 5.41) is 28.1. The van der Waals surface area contributed by atoms with Crippen LogP contribution in [0.5, 0.6) is 5.75 Å². The monoisotopic (exact) mass is 308 g/mol. The molecule has 1 aliphatic heterocycles. The molecule has 1 fully saturated rings. The van der Waals surface area contributed by atoms with Gasteiger partial charge in [0.2, 0.25) is 0 Å². The van der Waals surface area contributed by atoms with Crippen molar-refractivity contribution in [2.45, 2.75) is 25.5 Å². The SMILES string of the molecule is Oc1ccc(Cl)cc1-n1cc(CN2CCC(O)CC2)nn1. The van der Waals surface area contributed by atoms with E-state index in [1.54, 1.807) is 18.3 Å². The lowest BCUT2D eigenvalue weighted by Gasteiger charge is -2.28. The second kappa shape index (κ2) is 6.01. The van der Waals surface area contributed by atoms with Gasteiger partial charge in [0.1, 0.15) is 11.4 Å². The van der Waals surface area contributed by atoms with E-state index in [0.717, 1.165) is 31.6 Å². The van der Waals surface area contributed by atoms with E-state index >= 15 is 0 Å². The van der Waals surface area contributed by atoms with Crippen LogP contribution in [0.15, 0.2) is 24.4 Å². The molecule has 0 saturated carbocycles. The van der Waals surface area contributed by atoms with Crippen LogP contribution in [-0.4, -0.2) is 49.3 Å². The summed E-state index contributed by atoms with van der Waals surface area (Å²) in [6.07, 6.45) is 3.20. The second-order valence-corrected chi connectivity index (χ2v) is 5.73. The van der Waals surface area contributed by atoms with Gasteiger partial charge in [0.05, 0.1) is 18.0 Å². The predicted octanol–water partition coefficient (Wildman–Crippen LogP) is 1.58. The van der Waals surface area contributed by atoms with Crippen LogP contribution in [0.3, 0.4) is 0 Å². The zero-order valence-corrected chi connectivity index (χ0v) is 12.2. The quantitative estimate of drug-likeness (QED) is 0.900. The Morgan fingerprint density at radius 2 is 2.05 bits per heavy atom. The molecular weight excluding hydrogens is 292 g/mol. The largest absolute Gasteiger partial charge is 0.506 e. The van der Waals surface area contributed by atoms with Crippen molar-refractivity contribution >= 4 is 11.6 Å². The van der Waals surface area contributed by atoms with Gasteiger partial charge in [-0.2, -0.15) is 0 Å². The first-order chi connectivity index (χ1) is 10.1. The van der Waals surface area contributed by atoms with Crippen LogP contribution >= 0.6 is 11.6 Å². The Labute approximate surface area is 127 Å². The van der Waals surface area contributed by atoms with Crippen LogP contribution in [-0.2, 0) is 6.54 Å². The molecule has 112 valence electrons. The lowest BCUT2D eigenvalue weighted by Crippen LogP contribution is -2.35. The predicted molar refractivity (Wildman–Crippen MR) is 78.6 cm³/mol. The number of phenols is 1. The van der Waals surface area contributed by atoms with Crippen LogP contribution in [0.1, 0.15) is 18.5 Å². The number of aromatic nitrogens is 3. The number of aromatic hydroxyl groups is 1. The zero-order chi connectivity index (χ0) is 14.8. The molecule has 0 amide bonds. The van der Waals surface area contributed by atoms with Crippen molar-refractivity contribution in [1.29, 1.82) is 0 Å². The molecule has 0 bridgehead atoms. The number of aliphatic hydroxyl groups is 1. The van der Waals surface area contributed by atoms with E-state index in [0.29, 0.717) is 17.3 Å². The Balaban J connectivity index is 1.73. The minimum absolute atomic E-state index is 0.108. The Kier molecular flexibility index (Phi) is 4.10. The molecule has 1 aromatic heterocycles. The molecule has 1 aliphatic rings. The average Bonchev–Trinajstić information content (AvgIpc) is 2.92. The fourth-order valence-corrected chi connectivity index (χ4v) is 2.64. The molecule has 0 atom stereocenters. The molecule has 7 heteroatoms. The molecule has 21 heavy (non-hydrogen) atoms. The maximum Gasteiger partial charge on any atom is 0.141 e. The summed E-state index contributed by atoms with van der Waals surface area (Å²) in [4.78, 5) is 2.24. The normalized spacial score (nSPS) is 17.2. The highest BCUT2D eigenvalue weighted by atomic mass is 35.5. The minimum atomic E-state index is -0.180. The number of rotatable bonds is 3. The highest BCUT2D eigenvalue weighted by Crippen LogP contribution is 2.24. The lowest BCUT2D eigenvalue weighted by molar-refractivity contribution is 0.0786. The van der Waals surface area contributed by atoms with E-state index in [9.17, 15) is 10.2 Å². The number of piperidine rings is 1. The van der Waals surface area contributed by atoms with Crippen LogP contribution in [0, 0.1) is 0 Å². The van der Waals surface area contributed by atoms with Crippen LogP contribution in [0.4, 0.5) is 0 Å². The van der Waals surface area contributed by atoms with Crippen molar-refractivity contribution in [3.05, 3.63) is 35.1 Å². The summed E-state index contributed by atoms with van der Waals surface area (Å²) in [5.74, 6) is 0.108. The van der Waals surface area contributed by atoms with Gasteiger partial charge < -0.3 is 10.2 Å². The smallest absolute Gasteiger partial charge is 0.141 e. The van der Waals surface area contributed by atoms with Gasteiger partial charge in [-0.25, -0.2) is 4.68 Å². The molecule has 0 aliphatic carbocycles. The maximum atomic E-state index is 9.86. The van der Waals surface area contributed by atoms with E-state index in [2.05, 4.69) is 15.2 Å². The van der Waals surface area contributed by atoms with Crippen molar-refractivity contribution in [3.8, 4) is 11.4 Å². The van der Waals surface area contributed by atoms with Gasteiger partial charge in [0, 0.05) is 24.7 Å². The van der Waals surface area contributed by atoms with Gasteiger partial charge in [-0.05, 0) is 31.0 Å². The third-order valence-corrected chi connectivity index (χ3v) is 3.90. The van der Waals surface area contributed by atoms with Crippen LogP contribution in [0.2, 0.25) is 5.02 Å². The number of aliphatic hydroxyl groups excluding tert-OH is 1. The van der Waals surface area contributed by atoms with Gasteiger partial charge in [-0.1, -0.05) is 16.8 Å². The summed E-state index contributed by atoms with van der Waals surface area (Å²) in [7, 11) is 0. The maximum absolute atomic E-state index is 9.86. The number of hydrogen-bond donors (Lipinski definition) is 2. The van der Waals surface area contributed by atoms with E-state index in [1.807, 2.05) is 0 Å². The van der Waals surface area contributed by atoms with Crippen molar-refractivity contribution in [2.24, 2.45) is 0 Å². The van der Waals surface area contributed by atoms with Crippen LogP contribution in [0.25, 0.3) is 5.69 Å². The Bertz CT molecular complexity index is 623. The molecule has 2 N–H and O–H groups in total. The van der Waals surface area contributed by atoms with Crippen molar-refractivity contribution < 1.29 is 10.2 Å². The zero-order valence-electron chi connectivity index (χ0n) is 11.5. The molecule has 0 unspecified atom stereocenters. The Morgan fingerprint density at radius 1 is 1.29 bits per heavy atom. The number of phenolic OH excluding ortho intramolecular Hbond substituents is 1. The highest BCUT2D eigenvalue weighted by molar-refractivity contribution is 6.30. The van der Waals surface area contributed by atoms with E-state index in [1.165, 1.54) is 10.7 Å². The number of benzene rings is 1. The number of nitrogens with zero attached hydrogens (tertiary/aromatic N) is 4. The molecule has 2 heterocycles. The fourth-order valence-electron chi connectivity index (χ4n) is 2.48. The lowest BCUT2D eigenvalue weighted by atomic mass is 10.1. The van der Waals surface area contributed by atoms with E-state index < -0.39 is 0 Å². The third-order valence-electron chi connectivity index (χ3n) is 3.67. The van der Waals surface area contributed by atoms with E-state index in [4.69, 9.17) is 11.6 Å². The number of hydrogen-bond acceptors (Lipinski definition) is 5. The van der Waals surface area contributed by atoms with Gasteiger partial charge in [0.25, 0.3) is 0 Å². The Morgan fingerprint density at radius 3 is 2.81 bits per heavy atom. The first-order valence-corrected chi connectivity index (χ1v) is 7.30. The molecule has 1 aromatic carbocycles. The first kappa shape index (κ1) is 14.3. The first-order valence-electron chi connectivity index (χ1n) is 6.92. The van der Waals surface area contributed by atoms with Crippen molar-refractivity contribution in [3.63, 3.8) is 0 Å². The second-order valence-electron chi connectivity index (χ2n) is 5.29. The van der Waals surface area contributed by atoms with Gasteiger partial charge in [-0.15, -0.1) is 5.10 Å². The molecule has 3 rings (SSSR count).